The molecule has 1 amide bonds. The molecule has 2 heterocycles. The zero-order chi connectivity index (χ0) is 17.1. The number of hydrogen-bond acceptors (Lipinski definition) is 4. The molecule has 0 saturated carbocycles. The molecule has 0 spiro atoms. The fourth-order valence-corrected chi connectivity index (χ4v) is 2.17. The van der Waals surface area contributed by atoms with Gasteiger partial charge >= 0.3 is 0 Å². The molecule has 0 aliphatic carbocycles. The third-order valence-corrected chi connectivity index (χ3v) is 3.33. The van der Waals surface area contributed by atoms with E-state index in [1.54, 1.807) is 25.1 Å². The van der Waals surface area contributed by atoms with Crippen LogP contribution in [-0.2, 0) is 0 Å². The maximum atomic E-state index is 13.8. The van der Waals surface area contributed by atoms with Crippen LogP contribution in [0.3, 0.4) is 0 Å². The number of anilines is 1. The van der Waals surface area contributed by atoms with Crippen molar-refractivity contribution in [2.24, 2.45) is 0 Å². The summed E-state index contributed by atoms with van der Waals surface area (Å²) in [5, 5.41) is 15.7. The monoisotopic (exact) mass is 321 g/mol. The first-order valence-electron chi connectivity index (χ1n) is 7.06. The van der Waals surface area contributed by atoms with Crippen molar-refractivity contribution in [1.29, 1.82) is 5.26 Å². The largest absolute Gasteiger partial charge is 0.319 e. The Bertz CT molecular complexity index is 958. The van der Waals surface area contributed by atoms with Gasteiger partial charge in [-0.05, 0) is 36.8 Å². The molecule has 0 atom stereocenters. The Hall–Kier alpha value is -3.53. The maximum absolute atomic E-state index is 13.8. The molecule has 0 bridgehead atoms. The fourth-order valence-electron chi connectivity index (χ4n) is 2.17. The van der Waals surface area contributed by atoms with Gasteiger partial charge in [0.05, 0.1) is 29.2 Å². The molecule has 3 aromatic rings. The van der Waals surface area contributed by atoms with E-state index in [0.717, 1.165) is 5.56 Å². The Balaban J connectivity index is 1.84. The van der Waals surface area contributed by atoms with Crippen LogP contribution in [0.2, 0.25) is 0 Å². The lowest BCUT2D eigenvalue weighted by Gasteiger charge is -2.04. The second-order valence-electron chi connectivity index (χ2n) is 5.10. The van der Waals surface area contributed by atoms with E-state index in [2.05, 4.69) is 15.4 Å². The SMILES string of the molecule is Cc1ccc(C(=O)Nc2cnn(-c3ncccc3C#N)c2)c(F)c1. The van der Waals surface area contributed by atoms with Gasteiger partial charge in [-0.1, -0.05) is 6.07 Å². The molecule has 0 fully saturated rings. The summed E-state index contributed by atoms with van der Waals surface area (Å²) < 4.78 is 15.2. The minimum atomic E-state index is -0.587. The van der Waals surface area contributed by atoms with Gasteiger partial charge in [0.2, 0.25) is 0 Å². The number of halogens is 1. The van der Waals surface area contributed by atoms with Crippen molar-refractivity contribution in [3.8, 4) is 11.9 Å². The molecule has 2 aromatic heterocycles. The van der Waals surface area contributed by atoms with Gasteiger partial charge in [0.25, 0.3) is 5.91 Å². The molecule has 1 aromatic carbocycles. The summed E-state index contributed by atoms with van der Waals surface area (Å²) >= 11 is 0. The van der Waals surface area contributed by atoms with E-state index in [1.165, 1.54) is 35.4 Å². The van der Waals surface area contributed by atoms with E-state index in [9.17, 15) is 9.18 Å². The molecule has 118 valence electrons. The smallest absolute Gasteiger partial charge is 0.258 e. The molecular weight excluding hydrogens is 309 g/mol. The van der Waals surface area contributed by atoms with Crippen LogP contribution in [0.5, 0.6) is 0 Å². The summed E-state index contributed by atoms with van der Waals surface area (Å²) in [7, 11) is 0. The number of aromatic nitrogens is 3. The predicted molar refractivity (Wildman–Crippen MR) is 85.2 cm³/mol. The number of rotatable bonds is 3. The van der Waals surface area contributed by atoms with Crippen molar-refractivity contribution in [2.45, 2.75) is 6.92 Å². The van der Waals surface area contributed by atoms with Crippen LogP contribution in [0.15, 0.2) is 48.9 Å². The number of carbonyl (C=O) groups is 1. The second kappa shape index (κ2) is 6.30. The van der Waals surface area contributed by atoms with Crippen LogP contribution in [0, 0.1) is 24.1 Å². The summed E-state index contributed by atoms with van der Waals surface area (Å²) in [4.78, 5) is 16.3. The second-order valence-corrected chi connectivity index (χ2v) is 5.10. The van der Waals surface area contributed by atoms with E-state index < -0.39 is 11.7 Å². The summed E-state index contributed by atoms with van der Waals surface area (Å²) in [6.07, 6.45) is 4.45. The number of nitriles is 1. The molecule has 0 aliphatic heterocycles. The standard InChI is InChI=1S/C17H12FN5O/c1-11-4-5-14(15(18)7-11)17(24)22-13-9-21-23(10-13)16-12(8-19)3-2-6-20-16/h2-7,9-10H,1H3,(H,22,24). The normalized spacial score (nSPS) is 10.2. The summed E-state index contributed by atoms with van der Waals surface area (Å²) in [6, 6.07) is 9.67. The first-order valence-corrected chi connectivity index (χ1v) is 7.06. The number of benzene rings is 1. The molecular formula is C17H12FN5O. The van der Waals surface area contributed by atoms with Gasteiger partial charge in [-0.3, -0.25) is 4.79 Å². The third kappa shape index (κ3) is 2.98. The Morgan fingerprint density at radius 3 is 2.96 bits per heavy atom. The van der Waals surface area contributed by atoms with Crippen LogP contribution < -0.4 is 5.32 Å². The zero-order valence-corrected chi connectivity index (χ0v) is 12.7. The Labute approximate surface area is 137 Å². The van der Waals surface area contributed by atoms with Crippen LogP contribution in [0.4, 0.5) is 10.1 Å². The van der Waals surface area contributed by atoms with Crippen LogP contribution in [-0.4, -0.2) is 20.7 Å². The fraction of sp³-hybridized carbons (Fsp3) is 0.0588. The summed E-state index contributed by atoms with van der Waals surface area (Å²) in [5.74, 6) is -0.813. The number of pyridine rings is 1. The van der Waals surface area contributed by atoms with Crippen molar-refractivity contribution >= 4 is 11.6 Å². The highest BCUT2D eigenvalue weighted by atomic mass is 19.1. The first kappa shape index (κ1) is 15.4. The highest BCUT2D eigenvalue weighted by Gasteiger charge is 2.14. The van der Waals surface area contributed by atoms with Crippen molar-refractivity contribution in [1.82, 2.24) is 14.8 Å². The first-order chi connectivity index (χ1) is 11.6. The number of nitrogens with one attached hydrogen (secondary N) is 1. The molecule has 6 nitrogen and oxygen atoms in total. The molecule has 0 saturated heterocycles. The van der Waals surface area contributed by atoms with E-state index in [-0.39, 0.29) is 5.56 Å². The number of aryl methyl sites for hydroxylation is 1. The average molecular weight is 321 g/mol. The zero-order valence-electron chi connectivity index (χ0n) is 12.7. The lowest BCUT2D eigenvalue weighted by molar-refractivity contribution is 0.102. The Morgan fingerprint density at radius 2 is 2.21 bits per heavy atom. The highest BCUT2D eigenvalue weighted by Crippen LogP contribution is 2.16. The predicted octanol–water partition coefficient (Wildman–Crippen LogP) is 2.84. The number of carbonyl (C=O) groups excluding carboxylic acids is 1. The molecule has 0 unspecified atom stereocenters. The number of hydrogen-bond donors (Lipinski definition) is 1. The van der Waals surface area contributed by atoms with Crippen molar-refractivity contribution in [3.63, 3.8) is 0 Å². The van der Waals surface area contributed by atoms with E-state index in [0.29, 0.717) is 17.1 Å². The lowest BCUT2D eigenvalue weighted by atomic mass is 10.1. The molecule has 1 N–H and O–H groups in total. The number of amides is 1. The van der Waals surface area contributed by atoms with Crippen LogP contribution >= 0.6 is 0 Å². The van der Waals surface area contributed by atoms with Gasteiger partial charge in [0.15, 0.2) is 5.82 Å². The minimum absolute atomic E-state index is 0.0519. The van der Waals surface area contributed by atoms with Crippen molar-refractivity contribution in [2.75, 3.05) is 5.32 Å². The van der Waals surface area contributed by atoms with Crippen molar-refractivity contribution in [3.05, 3.63) is 71.4 Å². The quantitative estimate of drug-likeness (QED) is 0.804. The van der Waals surface area contributed by atoms with Crippen molar-refractivity contribution < 1.29 is 9.18 Å². The average Bonchev–Trinajstić information content (AvgIpc) is 3.03. The van der Waals surface area contributed by atoms with E-state index >= 15 is 0 Å². The Kier molecular flexibility index (Phi) is 4.03. The molecule has 0 aliphatic rings. The molecule has 3 rings (SSSR count). The van der Waals surface area contributed by atoms with Gasteiger partial charge in [0.1, 0.15) is 11.9 Å². The lowest BCUT2D eigenvalue weighted by Crippen LogP contribution is -2.13. The summed E-state index contributed by atoms with van der Waals surface area (Å²) in [6.45, 7) is 1.74. The van der Waals surface area contributed by atoms with Gasteiger partial charge in [-0.2, -0.15) is 10.4 Å². The molecule has 24 heavy (non-hydrogen) atoms. The van der Waals surface area contributed by atoms with Gasteiger partial charge in [0, 0.05) is 6.20 Å². The molecule has 7 heteroatoms. The van der Waals surface area contributed by atoms with Gasteiger partial charge < -0.3 is 5.32 Å². The van der Waals surface area contributed by atoms with E-state index in [1.807, 2.05) is 6.07 Å². The van der Waals surface area contributed by atoms with Crippen LogP contribution in [0.25, 0.3) is 5.82 Å². The number of nitrogens with zero attached hydrogens (tertiary/aromatic N) is 4. The third-order valence-electron chi connectivity index (χ3n) is 3.33. The Morgan fingerprint density at radius 1 is 1.38 bits per heavy atom. The summed E-state index contributed by atoms with van der Waals surface area (Å²) in [5.41, 5.74) is 1.40. The topological polar surface area (TPSA) is 83.6 Å². The molecule has 0 radical (unpaired) electrons. The highest BCUT2D eigenvalue weighted by molar-refractivity contribution is 6.04. The maximum Gasteiger partial charge on any atom is 0.258 e. The van der Waals surface area contributed by atoms with Gasteiger partial charge in [-0.15, -0.1) is 0 Å². The van der Waals surface area contributed by atoms with Crippen LogP contribution in [0.1, 0.15) is 21.5 Å². The van der Waals surface area contributed by atoms with E-state index in [4.69, 9.17) is 5.26 Å². The van der Waals surface area contributed by atoms with Gasteiger partial charge in [-0.25, -0.2) is 14.1 Å². The minimum Gasteiger partial charge on any atom is -0.319 e.